The number of nitrogens with zero attached hydrogens (tertiary/aromatic N) is 3. The van der Waals surface area contributed by atoms with Crippen molar-refractivity contribution in [1.82, 2.24) is 10.3 Å². The van der Waals surface area contributed by atoms with Crippen LogP contribution in [0.1, 0.15) is 49.9 Å². The summed E-state index contributed by atoms with van der Waals surface area (Å²) < 4.78 is 0. The lowest BCUT2D eigenvalue weighted by Crippen LogP contribution is -2.48. The number of aromatic nitrogens is 1. The fourth-order valence-corrected chi connectivity index (χ4v) is 4.49. The number of benzene rings is 1. The van der Waals surface area contributed by atoms with Gasteiger partial charge in [0.1, 0.15) is 11.9 Å². The Balaban J connectivity index is 1.77. The van der Waals surface area contributed by atoms with Crippen molar-refractivity contribution in [3.8, 4) is 6.07 Å². The molecule has 2 N–H and O–H groups in total. The van der Waals surface area contributed by atoms with Crippen molar-refractivity contribution >= 4 is 23.0 Å². The van der Waals surface area contributed by atoms with Crippen molar-refractivity contribution in [3.63, 3.8) is 0 Å². The number of carbonyl (C=O) groups is 1. The van der Waals surface area contributed by atoms with Gasteiger partial charge in [-0.15, -0.1) is 0 Å². The largest absolute Gasteiger partial charge is 0.363 e. The maximum absolute atomic E-state index is 12.5. The third kappa shape index (κ3) is 3.69. The summed E-state index contributed by atoms with van der Waals surface area (Å²) in [5, 5.41) is 16.0. The predicted octanol–water partition coefficient (Wildman–Crippen LogP) is 3.87. The van der Waals surface area contributed by atoms with E-state index in [4.69, 9.17) is 5.26 Å². The Morgan fingerprint density at radius 3 is 2.77 bits per heavy atom. The molecule has 0 spiro atoms. The maximum atomic E-state index is 12.5. The molecular weight excluding hydrogens is 374 g/mol. The van der Waals surface area contributed by atoms with Crippen molar-refractivity contribution in [2.45, 2.75) is 39.3 Å². The number of anilines is 2. The molecule has 0 saturated carbocycles. The number of fused-ring (bicyclic) bond motifs is 1. The molecule has 0 bridgehead atoms. The highest BCUT2D eigenvalue weighted by atomic mass is 16.2. The zero-order chi connectivity index (χ0) is 21.3. The number of nitriles is 1. The molecule has 6 heteroatoms. The lowest BCUT2D eigenvalue weighted by molar-refractivity contribution is -0.117. The second kappa shape index (κ2) is 8.29. The van der Waals surface area contributed by atoms with Crippen LogP contribution in [0.2, 0.25) is 0 Å². The Labute approximate surface area is 177 Å². The summed E-state index contributed by atoms with van der Waals surface area (Å²) in [6.07, 6.45) is 4.82. The highest BCUT2D eigenvalue weighted by molar-refractivity contribution is 5.94. The minimum atomic E-state index is 0.00769. The number of hydrogen-bond donors (Lipinski definition) is 2. The van der Waals surface area contributed by atoms with Crippen molar-refractivity contribution in [2.24, 2.45) is 5.92 Å². The summed E-state index contributed by atoms with van der Waals surface area (Å²) in [5.74, 6) is 0.960. The van der Waals surface area contributed by atoms with Crippen LogP contribution in [-0.2, 0) is 4.79 Å². The Bertz CT molecular complexity index is 1020. The van der Waals surface area contributed by atoms with Crippen LogP contribution < -0.4 is 15.5 Å². The summed E-state index contributed by atoms with van der Waals surface area (Å²) in [6, 6.07) is 12.2. The van der Waals surface area contributed by atoms with Gasteiger partial charge in [0.15, 0.2) is 0 Å². The monoisotopic (exact) mass is 401 g/mol. The molecule has 1 aromatic carbocycles. The second-order valence-electron chi connectivity index (χ2n) is 8.11. The number of carbonyl (C=O) groups excluding carboxylic acids is 1. The van der Waals surface area contributed by atoms with E-state index in [9.17, 15) is 4.79 Å². The van der Waals surface area contributed by atoms with Gasteiger partial charge in [0.05, 0.1) is 11.6 Å². The first kappa shape index (κ1) is 20.1. The number of pyridine rings is 1. The zero-order valence-corrected chi connectivity index (χ0v) is 17.6. The van der Waals surface area contributed by atoms with Crippen LogP contribution >= 0.6 is 0 Å². The Kier molecular flexibility index (Phi) is 5.56. The van der Waals surface area contributed by atoms with Gasteiger partial charge in [-0.3, -0.25) is 4.79 Å². The quantitative estimate of drug-likeness (QED) is 0.816. The fraction of sp³-hybridized carbons (Fsp3) is 0.375. The van der Waals surface area contributed by atoms with Gasteiger partial charge in [-0.05, 0) is 60.9 Å². The standard InChI is InChI=1S/C24H27N5O/c1-15-16(2)29(17(3)30)22-6-5-20(19-8-10-26-11-9-19)12-21(22)24(15)28-23-7-4-18(13-25)14-27-23/h4-8,12,14-16,24,26H,9-11H2,1-3H3,(H,27,28)/t15-,16-,24?/m0/s1. The van der Waals surface area contributed by atoms with E-state index in [1.165, 1.54) is 11.1 Å². The van der Waals surface area contributed by atoms with Gasteiger partial charge in [0.2, 0.25) is 5.91 Å². The van der Waals surface area contributed by atoms with Crippen molar-refractivity contribution in [3.05, 3.63) is 59.3 Å². The number of nitrogens with one attached hydrogen (secondary N) is 2. The molecule has 4 rings (SSSR count). The molecule has 0 saturated heterocycles. The van der Waals surface area contributed by atoms with Crippen molar-refractivity contribution in [2.75, 3.05) is 23.3 Å². The molecule has 1 aromatic heterocycles. The Morgan fingerprint density at radius 2 is 2.13 bits per heavy atom. The summed E-state index contributed by atoms with van der Waals surface area (Å²) >= 11 is 0. The van der Waals surface area contributed by atoms with Crippen LogP contribution in [0, 0.1) is 17.2 Å². The van der Waals surface area contributed by atoms with Crippen LogP contribution in [0.25, 0.3) is 5.57 Å². The SMILES string of the molecule is CC(=O)N1c2ccc(C3=CCNCC3)cc2C(Nc2ccc(C#N)cn2)[C@@H](C)[C@@H]1C. The van der Waals surface area contributed by atoms with Gasteiger partial charge in [0.25, 0.3) is 0 Å². The molecule has 3 heterocycles. The second-order valence-corrected chi connectivity index (χ2v) is 8.11. The lowest BCUT2D eigenvalue weighted by atomic mass is 9.81. The summed E-state index contributed by atoms with van der Waals surface area (Å²) in [4.78, 5) is 18.8. The van der Waals surface area contributed by atoms with Crippen LogP contribution in [0.4, 0.5) is 11.5 Å². The molecule has 30 heavy (non-hydrogen) atoms. The molecular formula is C24H27N5O. The highest BCUT2D eigenvalue weighted by Gasteiger charge is 2.38. The fourth-order valence-electron chi connectivity index (χ4n) is 4.49. The third-order valence-electron chi connectivity index (χ3n) is 6.29. The lowest BCUT2D eigenvalue weighted by Gasteiger charge is -2.44. The zero-order valence-electron chi connectivity index (χ0n) is 17.6. The Morgan fingerprint density at radius 1 is 1.30 bits per heavy atom. The van der Waals surface area contributed by atoms with Gasteiger partial charge in [-0.2, -0.15) is 5.26 Å². The van der Waals surface area contributed by atoms with Gasteiger partial charge in [-0.25, -0.2) is 4.98 Å². The normalized spacial score (nSPS) is 23.2. The van der Waals surface area contributed by atoms with E-state index in [0.29, 0.717) is 5.56 Å². The van der Waals surface area contributed by atoms with E-state index in [2.05, 4.69) is 59.8 Å². The number of rotatable bonds is 3. The molecule has 3 atom stereocenters. The molecule has 0 fully saturated rings. The first-order valence-corrected chi connectivity index (χ1v) is 10.5. The van der Waals surface area contributed by atoms with Crippen LogP contribution in [0.3, 0.4) is 0 Å². The molecule has 0 radical (unpaired) electrons. The Hall–Kier alpha value is -3.17. The van der Waals surface area contributed by atoms with Gasteiger partial charge < -0.3 is 15.5 Å². The third-order valence-corrected chi connectivity index (χ3v) is 6.29. The smallest absolute Gasteiger partial charge is 0.224 e. The first-order chi connectivity index (χ1) is 14.5. The molecule has 2 aromatic rings. The van der Waals surface area contributed by atoms with Gasteiger partial charge in [0, 0.05) is 37.3 Å². The minimum absolute atomic E-state index is 0.00769. The number of hydrogen-bond acceptors (Lipinski definition) is 5. The van der Waals surface area contributed by atoms with E-state index in [1.807, 2.05) is 11.0 Å². The molecule has 154 valence electrons. The van der Waals surface area contributed by atoms with E-state index in [1.54, 1.807) is 19.2 Å². The molecule has 2 aliphatic heterocycles. The molecule has 0 aliphatic carbocycles. The summed E-state index contributed by atoms with van der Waals surface area (Å²) in [6.45, 7) is 7.76. The number of amides is 1. The minimum Gasteiger partial charge on any atom is -0.363 e. The van der Waals surface area contributed by atoms with Gasteiger partial charge in [-0.1, -0.05) is 19.1 Å². The average Bonchev–Trinajstić information content (AvgIpc) is 2.77. The van der Waals surface area contributed by atoms with Crippen LogP contribution in [-0.4, -0.2) is 30.0 Å². The highest BCUT2D eigenvalue weighted by Crippen LogP contribution is 2.43. The van der Waals surface area contributed by atoms with E-state index >= 15 is 0 Å². The average molecular weight is 402 g/mol. The van der Waals surface area contributed by atoms with E-state index in [0.717, 1.165) is 36.6 Å². The molecule has 1 amide bonds. The van der Waals surface area contributed by atoms with Crippen molar-refractivity contribution < 1.29 is 4.79 Å². The molecule has 2 aliphatic rings. The summed E-state index contributed by atoms with van der Waals surface area (Å²) in [5.41, 5.74) is 5.15. The summed E-state index contributed by atoms with van der Waals surface area (Å²) in [7, 11) is 0. The van der Waals surface area contributed by atoms with E-state index < -0.39 is 0 Å². The predicted molar refractivity (Wildman–Crippen MR) is 119 cm³/mol. The topological polar surface area (TPSA) is 81.0 Å². The first-order valence-electron chi connectivity index (χ1n) is 10.5. The van der Waals surface area contributed by atoms with E-state index in [-0.39, 0.29) is 23.9 Å². The van der Waals surface area contributed by atoms with Crippen molar-refractivity contribution in [1.29, 1.82) is 5.26 Å². The van der Waals surface area contributed by atoms with Crippen LogP contribution in [0.15, 0.2) is 42.6 Å². The molecule has 6 nitrogen and oxygen atoms in total. The van der Waals surface area contributed by atoms with Gasteiger partial charge >= 0.3 is 0 Å². The maximum Gasteiger partial charge on any atom is 0.224 e. The molecule has 1 unspecified atom stereocenters. The van der Waals surface area contributed by atoms with Crippen LogP contribution in [0.5, 0.6) is 0 Å².